The number of hydrogen-bond acceptors (Lipinski definition) is 3. The molecule has 2 aromatic rings. The van der Waals surface area contributed by atoms with Gasteiger partial charge in [0, 0.05) is 15.8 Å². The van der Waals surface area contributed by atoms with Crippen LogP contribution in [-0.2, 0) is 9.53 Å². The fourth-order valence-corrected chi connectivity index (χ4v) is 2.60. The van der Waals surface area contributed by atoms with Gasteiger partial charge in [0.2, 0.25) is 0 Å². The second kappa shape index (κ2) is 5.65. The van der Waals surface area contributed by atoms with E-state index in [9.17, 15) is 4.79 Å². The summed E-state index contributed by atoms with van der Waals surface area (Å²) in [6.45, 7) is 1.91. The van der Waals surface area contributed by atoms with Crippen LogP contribution in [0.3, 0.4) is 0 Å². The van der Waals surface area contributed by atoms with Crippen molar-refractivity contribution in [2.75, 3.05) is 7.11 Å². The minimum atomic E-state index is -0.317. The molecule has 0 amide bonds. The third kappa shape index (κ3) is 2.87. The van der Waals surface area contributed by atoms with Crippen molar-refractivity contribution in [3.63, 3.8) is 0 Å². The third-order valence-corrected chi connectivity index (χ3v) is 3.86. The number of carbonyl (C=O) groups excluding carboxylic acids is 1. The molecule has 3 heteroatoms. The van der Waals surface area contributed by atoms with Crippen LogP contribution in [0.15, 0.2) is 48.5 Å². The van der Waals surface area contributed by atoms with Crippen molar-refractivity contribution >= 4 is 22.9 Å². The average molecular weight is 258 g/mol. The summed E-state index contributed by atoms with van der Waals surface area (Å²) in [6.07, 6.45) is 1.51. The zero-order valence-corrected chi connectivity index (χ0v) is 11.2. The van der Waals surface area contributed by atoms with Crippen LogP contribution in [-0.4, -0.2) is 13.1 Å². The second-order valence-electron chi connectivity index (χ2n) is 3.88. The average Bonchev–Trinajstić information content (AvgIpc) is 2.89. The summed E-state index contributed by atoms with van der Waals surface area (Å²) in [4.78, 5) is 13.5. The summed E-state index contributed by atoms with van der Waals surface area (Å²) >= 11 is 1.67. The highest BCUT2D eigenvalue weighted by Crippen LogP contribution is 2.31. The van der Waals surface area contributed by atoms with Gasteiger partial charge in [0.1, 0.15) is 0 Å². The van der Waals surface area contributed by atoms with Gasteiger partial charge < -0.3 is 4.74 Å². The van der Waals surface area contributed by atoms with E-state index in [4.69, 9.17) is 0 Å². The first-order valence-electron chi connectivity index (χ1n) is 5.62. The molecule has 0 bridgehead atoms. The molecule has 0 spiro atoms. The van der Waals surface area contributed by atoms with Crippen LogP contribution in [0.4, 0.5) is 0 Å². The normalized spacial score (nSPS) is 11.3. The van der Waals surface area contributed by atoms with Gasteiger partial charge in [0.05, 0.1) is 7.11 Å². The number of allylic oxidation sites excluding steroid dienone is 1. The van der Waals surface area contributed by atoms with E-state index < -0.39 is 0 Å². The molecular formula is C15H14O2S. The summed E-state index contributed by atoms with van der Waals surface area (Å²) in [7, 11) is 1.38. The Bertz CT molecular complexity index is 567. The van der Waals surface area contributed by atoms with Gasteiger partial charge in [-0.1, -0.05) is 30.3 Å². The second-order valence-corrected chi connectivity index (χ2v) is 4.96. The van der Waals surface area contributed by atoms with Crippen molar-refractivity contribution < 1.29 is 9.53 Å². The topological polar surface area (TPSA) is 26.3 Å². The maximum Gasteiger partial charge on any atom is 0.330 e. The van der Waals surface area contributed by atoms with Crippen LogP contribution in [0.2, 0.25) is 0 Å². The summed E-state index contributed by atoms with van der Waals surface area (Å²) < 4.78 is 4.62. The number of ether oxygens (including phenoxy) is 1. The van der Waals surface area contributed by atoms with Crippen LogP contribution >= 0.6 is 11.3 Å². The van der Waals surface area contributed by atoms with Crippen LogP contribution in [0.5, 0.6) is 0 Å². The van der Waals surface area contributed by atoms with Crippen molar-refractivity contribution in [3.05, 3.63) is 53.4 Å². The molecule has 18 heavy (non-hydrogen) atoms. The summed E-state index contributed by atoms with van der Waals surface area (Å²) in [6, 6.07) is 14.3. The highest BCUT2D eigenvalue weighted by Gasteiger charge is 2.05. The number of rotatable bonds is 3. The Morgan fingerprint density at radius 1 is 1.17 bits per heavy atom. The van der Waals surface area contributed by atoms with E-state index >= 15 is 0 Å². The number of methoxy groups -OCH3 is 1. The Morgan fingerprint density at radius 2 is 1.89 bits per heavy atom. The van der Waals surface area contributed by atoms with E-state index in [0.29, 0.717) is 0 Å². The Morgan fingerprint density at radius 3 is 2.56 bits per heavy atom. The SMILES string of the molecule is COC(=O)/C=C(\C)c1ccc(-c2ccccc2)s1. The molecule has 0 aliphatic carbocycles. The maximum absolute atomic E-state index is 11.2. The fraction of sp³-hybridized carbons (Fsp3) is 0.133. The fourth-order valence-electron chi connectivity index (χ4n) is 1.61. The van der Waals surface area contributed by atoms with E-state index in [-0.39, 0.29) is 5.97 Å². The lowest BCUT2D eigenvalue weighted by molar-refractivity contribution is -0.134. The zero-order valence-electron chi connectivity index (χ0n) is 10.3. The molecule has 0 aliphatic rings. The summed E-state index contributed by atoms with van der Waals surface area (Å²) in [5, 5.41) is 0. The number of carbonyl (C=O) groups is 1. The summed E-state index contributed by atoms with van der Waals surface area (Å²) in [5.41, 5.74) is 2.12. The van der Waals surface area contributed by atoms with Gasteiger partial charge in [0.15, 0.2) is 0 Å². The van der Waals surface area contributed by atoms with Crippen molar-refractivity contribution in [3.8, 4) is 10.4 Å². The van der Waals surface area contributed by atoms with Gasteiger partial charge in [-0.05, 0) is 30.2 Å². The molecule has 0 saturated carbocycles. The van der Waals surface area contributed by atoms with Gasteiger partial charge in [-0.15, -0.1) is 11.3 Å². The molecule has 92 valence electrons. The first kappa shape index (κ1) is 12.6. The third-order valence-electron chi connectivity index (χ3n) is 2.59. The molecular weight excluding hydrogens is 244 g/mol. The van der Waals surface area contributed by atoms with Gasteiger partial charge in [-0.25, -0.2) is 4.79 Å². The number of thiophene rings is 1. The van der Waals surface area contributed by atoms with Gasteiger partial charge >= 0.3 is 5.97 Å². The molecule has 1 aromatic carbocycles. The van der Waals surface area contributed by atoms with Gasteiger partial charge in [-0.3, -0.25) is 0 Å². The van der Waals surface area contributed by atoms with E-state index in [2.05, 4.69) is 22.9 Å². The van der Waals surface area contributed by atoms with E-state index in [1.807, 2.05) is 31.2 Å². The van der Waals surface area contributed by atoms with E-state index in [0.717, 1.165) is 10.5 Å². The van der Waals surface area contributed by atoms with Crippen LogP contribution in [0, 0.1) is 0 Å². The largest absolute Gasteiger partial charge is 0.466 e. The number of esters is 1. The smallest absolute Gasteiger partial charge is 0.330 e. The van der Waals surface area contributed by atoms with E-state index in [1.54, 1.807) is 11.3 Å². The molecule has 0 saturated heterocycles. The predicted octanol–water partition coefficient (Wildman–Crippen LogP) is 3.99. The Balaban J connectivity index is 2.26. The van der Waals surface area contributed by atoms with E-state index in [1.165, 1.54) is 23.6 Å². The molecule has 0 atom stereocenters. The lowest BCUT2D eigenvalue weighted by Crippen LogP contribution is -1.94. The van der Waals surface area contributed by atoms with Gasteiger partial charge in [-0.2, -0.15) is 0 Å². The molecule has 2 nitrogen and oxygen atoms in total. The van der Waals surface area contributed by atoms with Crippen molar-refractivity contribution in [2.24, 2.45) is 0 Å². The lowest BCUT2D eigenvalue weighted by atomic mass is 10.2. The highest BCUT2D eigenvalue weighted by molar-refractivity contribution is 7.16. The summed E-state index contributed by atoms with van der Waals surface area (Å²) in [5.74, 6) is -0.317. The maximum atomic E-state index is 11.2. The minimum Gasteiger partial charge on any atom is -0.466 e. The molecule has 2 rings (SSSR count). The zero-order chi connectivity index (χ0) is 13.0. The van der Waals surface area contributed by atoms with Crippen molar-refractivity contribution in [2.45, 2.75) is 6.92 Å². The standard InChI is InChI=1S/C15H14O2S/c1-11(10-15(16)17-2)13-8-9-14(18-13)12-6-4-3-5-7-12/h3-10H,1-2H3/b11-10+. The Hall–Kier alpha value is -1.87. The molecule has 0 aliphatic heterocycles. The molecule has 1 heterocycles. The van der Waals surface area contributed by atoms with Crippen LogP contribution in [0.1, 0.15) is 11.8 Å². The molecule has 0 N–H and O–H groups in total. The lowest BCUT2D eigenvalue weighted by Gasteiger charge is -1.97. The van der Waals surface area contributed by atoms with Crippen LogP contribution < -0.4 is 0 Å². The Labute approximate surface area is 111 Å². The van der Waals surface area contributed by atoms with Crippen molar-refractivity contribution in [1.29, 1.82) is 0 Å². The number of hydrogen-bond donors (Lipinski definition) is 0. The quantitative estimate of drug-likeness (QED) is 0.614. The number of benzene rings is 1. The van der Waals surface area contributed by atoms with Crippen LogP contribution in [0.25, 0.3) is 16.0 Å². The van der Waals surface area contributed by atoms with Crippen molar-refractivity contribution in [1.82, 2.24) is 0 Å². The molecule has 0 fully saturated rings. The Kier molecular flexibility index (Phi) is 3.95. The first-order valence-corrected chi connectivity index (χ1v) is 6.44. The first-order chi connectivity index (χ1) is 8.70. The highest BCUT2D eigenvalue weighted by atomic mass is 32.1. The monoisotopic (exact) mass is 258 g/mol. The molecule has 1 aromatic heterocycles. The predicted molar refractivity (Wildman–Crippen MR) is 75.4 cm³/mol. The molecule has 0 unspecified atom stereocenters. The molecule has 0 radical (unpaired) electrons. The van der Waals surface area contributed by atoms with Gasteiger partial charge in [0.25, 0.3) is 0 Å². The minimum absolute atomic E-state index is 0.317.